The largest absolute Gasteiger partial charge is 0.370 e. The van der Waals surface area contributed by atoms with Crippen LogP contribution in [0.3, 0.4) is 0 Å². The molecule has 0 bridgehead atoms. The Labute approximate surface area is 180 Å². The number of aromatic amines is 1. The van der Waals surface area contributed by atoms with Crippen LogP contribution in [0.5, 0.6) is 0 Å². The van der Waals surface area contributed by atoms with Crippen LogP contribution >= 0.6 is 0 Å². The third-order valence-electron chi connectivity index (χ3n) is 6.16. The van der Waals surface area contributed by atoms with Gasteiger partial charge in [-0.2, -0.15) is 0 Å². The third kappa shape index (κ3) is 3.73. The zero-order valence-electron chi connectivity index (χ0n) is 17.2. The van der Waals surface area contributed by atoms with E-state index in [2.05, 4.69) is 25.8 Å². The summed E-state index contributed by atoms with van der Waals surface area (Å²) in [7, 11) is -1.45. The molecule has 3 N–H and O–H groups in total. The molecule has 0 saturated heterocycles. The molecule has 2 aromatic heterocycles. The van der Waals surface area contributed by atoms with Gasteiger partial charge in [0.15, 0.2) is 0 Å². The second kappa shape index (κ2) is 7.44. The highest BCUT2D eigenvalue weighted by Gasteiger charge is 2.26. The fraction of sp³-hybridized carbons (Fsp3) is 0.318. The molecule has 0 amide bonds. The van der Waals surface area contributed by atoms with Gasteiger partial charge in [0.25, 0.3) is 0 Å². The number of halogens is 1. The average molecular weight is 442 g/mol. The number of hydrogen-bond donors (Lipinski definition) is 2. The van der Waals surface area contributed by atoms with Crippen LogP contribution in [0.2, 0.25) is 0 Å². The van der Waals surface area contributed by atoms with E-state index in [0.717, 1.165) is 52.1 Å². The van der Waals surface area contributed by atoms with Crippen molar-refractivity contribution < 1.29 is 12.8 Å². The van der Waals surface area contributed by atoms with Crippen LogP contribution in [0.1, 0.15) is 17.7 Å². The standard InChI is InChI=1S/C22H24FN5O2S/c1-27-13-18-20-16(17-12-15(23)2-3-19(17)27)4-7-25-22(20)26-21(18)14-5-8-28(9-6-14)10-11-31(24,29)30/h2-5,7,12H,6,8-11,13H2,1H3,(H,25,26)(H2,24,29,30). The molecule has 0 radical (unpaired) electrons. The van der Waals surface area contributed by atoms with E-state index in [-0.39, 0.29) is 11.6 Å². The Kier molecular flexibility index (Phi) is 4.84. The van der Waals surface area contributed by atoms with Gasteiger partial charge in [0, 0.05) is 67.3 Å². The summed E-state index contributed by atoms with van der Waals surface area (Å²) < 4.78 is 36.6. The molecule has 0 fully saturated rings. The van der Waals surface area contributed by atoms with Gasteiger partial charge in [0.2, 0.25) is 10.0 Å². The molecule has 0 saturated carbocycles. The molecular formula is C22H24FN5O2S. The van der Waals surface area contributed by atoms with Crippen molar-refractivity contribution in [2.45, 2.75) is 13.0 Å². The zero-order chi connectivity index (χ0) is 21.8. The number of primary sulfonamides is 1. The molecule has 5 rings (SSSR count). The second-order valence-electron chi connectivity index (χ2n) is 8.23. The first-order valence-corrected chi connectivity index (χ1v) is 11.9. The van der Waals surface area contributed by atoms with Crippen molar-refractivity contribution in [3.05, 3.63) is 53.6 Å². The van der Waals surface area contributed by atoms with E-state index in [1.165, 1.54) is 11.6 Å². The summed E-state index contributed by atoms with van der Waals surface area (Å²) in [5.74, 6) is -0.299. The minimum absolute atomic E-state index is 0.0410. The zero-order valence-corrected chi connectivity index (χ0v) is 18.0. The van der Waals surface area contributed by atoms with Gasteiger partial charge in [0.1, 0.15) is 11.5 Å². The minimum atomic E-state index is -3.46. The quantitative estimate of drug-likeness (QED) is 0.649. The summed E-state index contributed by atoms with van der Waals surface area (Å²) in [5.41, 5.74) is 7.03. The summed E-state index contributed by atoms with van der Waals surface area (Å²) in [4.78, 5) is 12.3. The number of rotatable bonds is 4. The number of nitrogens with two attached hydrogens (primary N) is 1. The summed E-state index contributed by atoms with van der Waals surface area (Å²) in [6.07, 6.45) is 4.70. The van der Waals surface area contributed by atoms with Crippen LogP contribution < -0.4 is 10.0 Å². The second-order valence-corrected chi connectivity index (χ2v) is 9.96. The fourth-order valence-corrected chi connectivity index (χ4v) is 5.13. The highest BCUT2D eigenvalue weighted by Crippen LogP contribution is 2.43. The monoisotopic (exact) mass is 441 g/mol. The van der Waals surface area contributed by atoms with Gasteiger partial charge in [-0.3, -0.25) is 4.90 Å². The molecular weight excluding hydrogens is 417 g/mol. The Morgan fingerprint density at radius 1 is 1.26 bits per heavy atom. The van der Waals surface area contributed by atoms with E-state index < -0.39 is 10.0 Å². The maximum atomic E-state index is 14.1. The normalized spacial score (nSPS) is 16.9. The lowest BCUT2D eigenvalue weighted by Crippen LogP contribution is -2.34. The Morgan fingerprint density at radius 2 is 2.10 bits per heavy atom. The highest BCUT2D eigenvalue weighted by molar-refractivity contribution is 7.89. The van der Waals surface area contributed by atoms with Gasteiger partial charge in [0.05, 0.1) is 5.75 Å². The molecule has 0 spiro atoms. The Bertz CT molecular complexity index is 1310. The lowest BCUT2D eigenvalue weighted by Gasteiger charge is -2.26. The summed E-state index contributed by atoms with van der Waals surface area (Å²) >= 11 is 0. The lowest BCUT2D eigenvalue weighted by molar-refractivity contribution is 0.319. The van der Waals surface area contributed by atoms with Gasteiger partial charge in [-0.05, 0) is 41.8 Å². The molecule has 162 valence electrons. The van der Waals surface area contributed by atoms with E-state index >= 15 is 0 Å². The number of nitrogens with one attached hydrogen (secondary N) is 1. The number of fused-ring (bicyclic) bond motifs is 2. The van der Waals surface area contributed by atoms with Crippen molar-refractivity contribution in [2.75, 3.05) is 37.3 Å². The first-order chi connectivity index (χ1) is 14.8. The number of anilines is 1. The molecule has 0 atom stereocenters. The minimum Gasteiger partial charge on any atom is -0.370 e. The van der Waals surface area contributed by atoms with Gasteiger partial charge < -0.3 is 9.88 Å². The van der Waals surface area contributed by atoms with Crippen LogP contribution in [-0.4, -0.2) is 55.7 Å². The first-order valence-electron chi connectivity index (χ1n) is 10.2. The number of benzene rings is 1. The molecule has 3 aromatic rings. The number of H-pyrrole nitrogens is 1. The predicted octanol–water partition coefficient (Wildman–Crippen LogP) is 2.70. The van der Waals surface area contributed by atoms with Gasteiger partial charge in [-0.25, -0.2) is 22.9 Å². The van der Waals surface area contributed by atoms with Crippen molar-refractivity contribution in [1.82, 2.24) is 14.9 Å². The molecule has 9 heteroatoms. The van der Waals surface area contributed by atoms with Crippen LogP contribution in [-0.2, 0) is 16.6 Å². The van der Waals surface area contributed by atoms with Crippen LogP contribution in [0.4, 0.5) is 10.1 Å². The Balaban J connectivity index is 1.55. The third-order valence-corrected chi connectivity index (χ3v) is 6.91. The lowest BCUT2D eigenvalue weighted by atomic mass is 9.97. The number of nitrogens with zero attached hydrogens (tertiary/aromatic N) is 3. The van der Waals surface area contributed by atoms with Crippen molar-refractivity contribution >= 4 is 32.3 Å². The Morgan fingerprint density at radius 3 is 2.84 bits per heavy atom. The number of hydrogen-bond acceptors (Lipinski definition) is 5. The topological polar surface area (TPSA) is 95.3 Å². The number of pyridine rings is 1. The molecule has 2 aliphatic heterocycles. The van der Waals surface area contributed by atoms with Gasteiger partial charge >= 0.3 is 0 Å². The van der Waals surface area contributed by atoms with E-state index in [1.807, 2.05) is 19.2 Å². The van der Waals surface area contributed by atoms with Crippen molar-refractivity contribution in [3.8, 4) is 11.1 Å². The molecule has 4 heterocycles. The van der Waals surface area contributed by atoms with Crippen molar-refractivity contribution in [1.29, 1.82) is 0 Å². The summed E-state index contributed by atoms with van der Waals surface area (Å²) in [5, 5.41) is 6.17. The van der Waals surface area contributed by atoms with Gasteiger partial charge in [-0.15, -0.1) is 0 Å². The molecule has 2 aliphatic rings. The summed E-state index contributed by atoms with van der Waals surface area (Å²) in [6.45, 7) is 2.54. The summed E-state index contributed by atoms with van der Waals surface area (Å²) in [6, 6.07) is 6.86. The Hall–Kier alpha value is -2.75. The van der Waals surface area contributed by atoms with Crippen LogP contribution in [0, 0.1) is 5.82 Å². The van der Waals surface area contributed by atoms with Crippen LogP contribution in [0.25, 0.3) is 27.7 Å². The first kappa shape index (κ1) is 20.2. The van der Waals surface area contributed by atoms with Crippen LogP contribution in [0.15, 0.2) is 36.5 Å². The SMILES string of the molecule is CN1Cc2c(C3=CCN(CCS(N)(=O)=O)CC3)[nH]c3nccc(c23)-c2cc(F)ccc21. The maximum Gasteiger partial charge on any atom is 0.210 e. The number of sulfonamides is 1. The van der Waals surface area contributed by atoms with Gasteiger partial charge in [-0.1, -0.05) is 6.08 Å². The molecule has 0 unspecified atom stereocenters. The molecule has 1 aromatic carbocycles. The van der Waals surface area contributed by atoms with Crippen molar-refractivity contribution in [3.63, 3.8) is 0 Å². The molecule has 31 heavy (non-hydrogen) atoms. The van der Waals surface area contributed by atoms with E-state index in [9.17, 15) is 12.8 Å². The van der Waals surface area contributed by atoms with E-state index in [1.54, 1.807) is 12.3 Å². The smallest absolute Gasteiger partial charge is 0.210 e. The number of aromatic nitrogens is 2. The van der Waals surface area contributed by atoms with E-state index in [0.29, 0.717) is 19.6 Å². The van der Waals surface area contributed by atoms with E-state index in [4.69, 9.17) is 5.14 Å². The average Bonchev–Trinajstić information content (AvgIpc) is 3.04. The predicted molar refractivity (Wildman–Crippen MR) is 121 cm³/mol. The highest BCUT2D eigenvalue weighted by atomic mass is 32.2. The molecule has 7 nitrogen and oxygen atoms in total. The molecule has 0 aliphatic carbocycles. The maximum absolute atomic E-state index is 14.1. The van der Waals surface area contributed by atoms with Crippen molar-refractivity contribution in [2.24, 2.45) is 5.14 Å². The fourth-order valence-electron chi connectivity index (χ4n) is 4.61.